The van der Waals surface area contributed by atoms with Gasteiger partial charge >= 0.3 is 0 Å². The first kappa shape index (κ1) is 24.5. The third-order valence-electron chi connectivity index (χ3n) is 5.68. The predicted molar refractivity (Wildman–Crippen MR) is 149 cm³/mol. The molecule has 10 heteroatoms. The summed E-state index contributed by atoms with van der Waals surface area (Å²) >= 11 is 6.91. The lowest BCUT2D eigenvalue weighted by Gasteiger charge is -2.13. The number of nitrogens with zero attached hydrogens (tertiary/aromatic N) is 4. The Hall–Kier alpha value is -4.15. The number of carbonyl (C=O) groups is 1. The van der Waals surface area contributed by atoms with Crippen molar-refractivity contribution in [2.75, 3.05) is 5.32 Å². The lowest BCUT2D eigenvalue weighted by atomic mass is 10.1. The van der Waals surface area contributed by atoms with Gasteiger partial charge < -0.3 is 10.1 Å². The second-order valence-corrected chi connectivity index (χ2v) is 9.68. The van der Waals surface area contributed by atoms with Gasteiger partial charge in [-0.3, -0.25) is 10.1 Å². The third kappa shape index (κ3) is 5.65. The Morgan fingerprint density at radius 1 is 1.05 bits per heavy atom. The van der Waals surface area contributed by atoms with E-state index < -0.39 is 0 Å². The van der Waals surface area contributed by atoms with Gasteiger partial charge in [0.2, 0.25) is 4.96 Å². The fourth-order valence-electron chi connectivity index (χ4n) is 3.68. The number of fused-ring (bicyclic) bond motifs is 1. The minimum absolute atomic E-state index is 0.201. The molecule has 2 aromatic heterocycles. The summed E-state index contributed by atoms with van der Waals surface area (Å²) in [5.74, 6) is 1.11. The van der Waals surface area contributed by atoms with Crippen molar-refractivity contribution in [2.24, 2.45) is 0 Å². The van der Waals surface area contributed by atoms with E-state index in [1.807, 2.05) is 68.4 Å². The quantitative estimate of drug-likeness (QED) is 0.272. The third-order valence-corrected chi connectivity index (χ3v) is 6.83. The predicted octanol–water partition coefficient (Wildman–Crippen LogP) is 5.43. The van der Waals surface area contributed by atoms with Crippen molar-refractivity contribution in [1.29, 1.82) is 0 Å². The van der Waals surface area contributed by atoms with Gasteiger partial charge in [0.05, 0.1) is 0 Å². The van der Waals surface area contributed by atoms with Crippen molar-refractivity contribution in [3.05, 3.63) is 95.3 Å². The number of ether oxygens (including phenoxy) is 1. The standard InChI is InChI=1S/C27H24N6O2S2/c1-3-23-30-31-27-33(23)32-25(37-27)20-13-12-17(2)22(15-20)28-26(36)29-24(34)19-10-7-11-21(14-19)35-16-18-8-5-4-6-9-18/h4-15H,3,16H2,1-2H3,(H2,28,29,34,36). The summed E-state index contributed by atoms with van der Waals surface area (Å²) in [6.07, 6.45) is 0.751. The van der Waals surface area contributed by atoms with Gasteiger partial charge in [0.25, 0.3) is 5.91 Å². The highest BCUT2D eigenvalue weighted by atomic mass is 32.1. The fraction of sp³-hybridized carbons (Fsp3) is 0.148. The summed E-state index contributed by atoms with van der Waals surface area (Å²) < 4.78 is 7.61. The first-order valence-corrected chi connectivity index (χ1v) is 12.9. The number of rotatable bonds is 7. The molecular formula is C27H24N6O2S2. The zero-order chi connectivity index (χ0) is 25.8. The number of aryl methyl sites for hydroxylation is 2. The van der Waals surface area contributed by atoms with E-state index in [0.29, 0.717) is 17.9 Å². The van der Waals surface area contributed by atoms with Gasteiger partial charge in [-0.1, -0.05) is 66.8 Å². The average molecular weight is 529 g/mol. The van der Waals surface area contributed by atoms with Crippen LogP contribution in [0.4, 0.5) is 5.69 Å². The van der Waals surface area contributed by atoms with Crippen LogP contribution < -0.4 is 15.4 Å². The van der Waals surface area contributed by atoms with Crippen LogP contribution in [0.15, 0.2) is 72.8 Å². The molecule has 0 bridgehead atoms. The Labute approximate surface area is 223 Å². The highest BCUT2D eigenvalue weighted by molar-refractivity contribution is 7.80. The Morgan fingerprint density at radius 3 is 2.70 bits per heavy atom. The molecule has 0 spiro atoms. The molecule has 5 rings (SSSR count). The van der Waals surface area contributed by atoms with Crippen molar-refractivity contribution >= 4 is 45.2 Å². The van der Waals surface area contributed by atoms with Crippen LogP contribution in [-0.4, -0.2) is 30.8 Å². The van der Waals surface area contributed by atoms with Crippen LogP contribution in [0, 0.1) is 6.92 Å². The van der Waals surface area contributed by atoms with Gasteiger partial charge in [-0.15, -0.1) is 10.2 Å². The van der Waals surface area contributed by atoms with Crippen LogP contribution in [0.1, 0.15) is 34.2 Å². The SMILES string of the molecule is CCc1nnc2sc(-c3ccc(C)c(NC(=S)NC(=O)c4cccc(OCc5ccccc5)c4)c3)nn12. The van der Waals surface area contributed by atoms with Gasteiger partial charge in [-0.25, -0.2) is 0 Å². The summed E-state index contributed by atoms with van der Waals surface area (Å²) in [7, 11) is 0. The molecule has 0 saturated carbocycles. The topological polar surface area (TPSA) is 93.4 Å². The molecule has 1 amide bonds. The second kappa shape index (κ2) is 10.9. The Morgan fingerprint density at radius 2 is 1.89 bits per heavy atom. The van der Waals surface area contributed by atoms with E-state index >= 15 is 0 Å². The molecule has 0 fully saturated rings. The van der Waals surface area contributed by atoms with Gasteiger partial charge in [0, 0.05) is 23.2 Å². The first-order chi connectivity index (χ1) is 18.0. The maximum absolute atomic E-state index is 12.9. The van der Waals surface area contributed by atoms with Gasteiger partial charge in [-0.05, 0) is 54.5 Å². The van der Waals surface area contributed by atoms with Crippen LogP contribution in [-0.2, 0) is 13.0 Å². The van der Waals surface area contributed by atoms with E-state index in [1.54, 1.807) is 22.7 Å². The Balaban J connectivity index is 1.25. The summed E-state index contributed by atoms with van der Waals surface area (Å²) in [5.41, 5.74) is 4.18. The van der Waals surface area contributed by atoms with E-state index in [1.165, 1.54) is 11.3 Å². The molecule has 0 saturated heterocycles. The number of hydrogen-bond donors (Lipinski definition) is 2. The number of carbonyl (C=O) groups excluding carboxylic acids is 1. The second-order valence-electron chi connectivity index (χ2n) is 8.31. The largest absolute Gasteiger partial charge is 0.489 e. The normalized spacial score (nSPS) is 10.9. The molecule has 0 radical (unpaired) electrons. The molecule has 5 aromatic rings. The molecular weight excluding hydrogens is 504 g/mol. The summed E-state index contributed by atoms with van der Waals surface area (Å²) in [5, 5.41) is 19.9. The van der Waals surface area contributed by atoms with Gasteiger partial charge in [-0.2, -0.15) is 9.61 Å². The lowest BCUT2D eigenvalue weighted by molar-refractivity contribution is 0.0977. The summed E-state index contributed by atoms with van der Waals surface area (Å²) in [4.78, 5) is 13.6. The molecule has 0 atom stereocenters. The van der Waals surface area contributed by atoms with E-state index in [4.69, 9.17) is 17.0 Å². The fourth-order valence-corrected chi connectivity index (χ4v) is 4.74. The first-order valence-electron chi connectivity index (χ1n) is 11.7. The maximum Gasteiger partial charge on any atom is 0.257 e. The number of amides is 1. The highest BCUT2D eigenvalue weighted by Gasteiger charge is 2.14. The van der Waals surface area contributed by atoms with E-state index in [9.17, 15) is 4.79 Å². The number of thiocarbonyl (C=S) groups is 1. The number of aromatic nitrogens is 4. The van der Waals surface area contributed by atoms with Crippen LogP contribution in [0.2, 0.25) is 0 Å². The minimum atomic E-state index is -0.322. The lowest BCUT2D eigenvalue weighted by Crippen LogP contribution is -2.34. The van der Waals surface area contributed by atoms with Crippen LogP contribution in [0.25, 0.3) is 15.5 Å². The zero-order valence-electron chi connectivity index (χ0n) is 20.3. The zero-order valence-corrected chi connectivity index (χ0v) is 21.9. The molecule has 0 unspecified atom stereocenters. The molecule has 8 nitrogen and oxygen atoms in total. The van der Waals surface area contributed by atoms with Crippen molar-refractivity contribution in [1.82, 2.24) is 25.1 Å². The molecule has 2 N–H and O–H groups in total. The van der Waals surface area contributed by atoms with E-state index in [2.05, 4.69) is 25.9 Å². The smallest absolute Gasteiger partial charge is 0.257 e. The maximum atomic E-state index is 12.9. The molecule has 3 aromatic carbocycles. The van der Waals surface area contributed by atoms with Gasteiger partial charge in [0.15, 0.2) is 10.9 Å². The van der Waals surface area contributed by atoms with E-state index in [0.717, 1.165) is 44.6 Å². The highest BCUT2D eigenvalue weighted by Crippen LogP contribution is 2.29. The molecule has 186 valence electrons. The van der Waals surface area contributed by atoms with Crippen molar-refractivity contribution in [3.63, 3.8) is 0 Å². The van der Waals surface area contributed by atoms with Crippen LogP contribution in [0.3, 0.4) is 0 Å². The molecule has 2 heterocycles. The average Bonchev–Trinajstić information content (AvgIpc) is 3.50. The summed E-state index contributed by atoms with van der Waals surface area (Å²) in [6, 6.07) is 22.8. The van der Waals surface area contributed by atoms with Crippen LogP contribution >= 0.6 is 23.6 Å². The number of nitrogens with one attached hydrogen (secondary N) is 2. The minimum Gasteiger partial charge on any atom is -0.489 e. The monoisotopic (exact) mass is 528 g/mol. The summed E-state index contributed by atoms with van der Waals surface area (Å²) in [6.45, 7) is 4.41. The molecule has 0 aliphatic carbocycles. The molecule has 37 heavy (non-hydrogen) atoms. The van der Waals surface area contributed by atoms with Crippen molar-refractivity contribution in [2.45, 2.75) is 26.9 Å². The Kier molecular flexibility index (Phi) is 7.20. The Bertz CT molecular complexity index is 1580. The van der Waals surface area contributed by atoms with E-state index in [-0.39, 0.29) is 11.0 Å². The van der Waals surface area contributed by atoms with Crippen LogP contribution in [0.5, 0.6) is 5.75 Å². The molecule has 0 aliphatic heterocycles. The van der Waals surface area contributed by atoms with Crippen molar-refractivity contribution in [3.8, 4) is 16.3 Å². The van der Waals surface area contributed by atoms with Gasteiger partial charge in [0.1, 0.15) is 17.4 Å². The number of benzene rings is 3. The molecule has 0 aliphatic rings. The van der Waals surface area contributed by atoms with Crippen molar-refractivity contribution < 1.29 is 9.53 Å². The number of hydrogen-bond acceptors (Lipinski definition) is 7. The number of anilines is 1.